The molecule has 0 heterocycles. The van der Waals surface area contributed by atoms with Crippen LogP contribution < -0.4 is 4.74 Å². The lowest BCUT2D eigenvalue weighted by atomic mass is 9.98. The largest absolute Gasteiger partial charge is 0.482 e. The van der Waals surface area contributed by atoms with Gasteiger partial charge in [0.2, 0.25) is 0 Å². The number of benzene rings is 3. The van der Waals surface area contributed by atoms with Crippen molar-refractivity contribution < 1.29 is 14.6 Å². The first-order chi connectivity index (χ1) is 14.0. The van der Waals surface area contributed by atoms with Gasteiger partial charge in [0.05, 0.1) is 0 Å². The van der Waals surface area contributed by atoms with Gasteiger partial charge in [-0.3, -0.25) is 0 Å². The quantitative estimate of drug-likeness (QED) is 0.237. The molecule has 6 heteroatoms. The van der Waals surface area contributed by atoms with Gasteiger partial charge in [0.25, 0.3) is 0 Å². The van der Waals surface area contributed by atoms with Crippen LogP contribution >= 0.6 is 50.3 Å². The summed E-state index contributed by atoms with van der Waals surface area (Å²) in [6.07, 6.45) is 2.24. The maximum atomic E-state index is 10.6. The van der Waals surface area contributed by atoms with Gasteiger partial charge in [-0.15, -0.1) is 11.8 Å². The van der Waals surface area contributed by atoms with E-state index in [0.29, 0.717) is 5.75 Å². The Bertz CT molecular complexity index is 1020. The summed E-state index contributed by atoms with van der Waals surface area (Å²) in [4.78, 5) is 11.7. The number of carboxylic acids is 1. The zero-order chi connectivity index (χ0) is 20.6. The minimum atomic E-state index is -0.992. The van der Waals surface area contributed by atoms with Crippen LogP contribution in [0, 0.1) is 3.57 Å². The molecule has 1 N–H and O–H groups in total. The maximum Gasteiger partial charge on any atom is 0.341 e. The molecule has 29 heavy (non-hydrogen) atoms. The predicted octanol–water partition coefficient (Wildman–Crippen LogP) is 6.74. The molecule has 0 aromatic heterocycles. The molecular weight excluding hydrogens is 563 g/mol. The molecule has 0 aliphatic rings. The number of carbonyl (C=O) groups is 1. The van der Waals surface area contributed by atoms with E-state index in [2.05, 4.69) is 93.1 Å². The van der Waals surface area contributed by atoms with Crippen molar-refractivity contribution in [2.45, 2.75) is 4.90 Å². The molecule has 0 saturated heterocycles. The molecule has 0 radical (unpaired) electrons. The number of carboxylic acid groups (broad SMARTS) is 1. The van der Waals surface area contributed by atoms with Crippen molar-refractivity contribution in [3.05, 3.63) is 98.0 Å². The number of hydrogen-bond donors (Lipinski definition) is 1. The summed E-state index contributed by atoms with van der Waals surface area (Å²) in [5, 5.41) is 8.72. The van der Waals surface area contributed by atoms with Gasteiger partial charge < -0.3 is 9.84 Å². The molecule has 0 fully saturated rings. The van der Waals surface area contributed by atoms with E-state index in [1.54, 1.807) is 23.9 Å². The molecule has 0 aliphatic carbocycles. The van der Waals surface area contributed by atoms with Crippen LogP contribution in [-0.4, -0.2) is 23.4 Å². The molecule has 3 nitrogen and oxygen atoms in total. The van der Waals surface area contributed by atoms with Crippen molar-refractivity contribution in [3.8, 4) is 5.75 Å². The first-order valence-electron chi connectivity index (χ1n) is 8.81. The number of ether oxygens (including phenoxy) is 1. The lowest BCUT2D eigenvalue weighted by Crippen LogP contribution is -2.09. The third-order valence-electron chi connectivity index (χ3n) is 4.01. The first kappa shape index (κ1) is 21.9. The molecule has 0 bridgehead atoms. The van der Waals surface area contributed by atoms with E-state index >= 15 is 0 Å². The van der Waals surface area contributed by atoms with E-state index in [4.69, 9.17) is 9.84 Å². The van der Waals surface area contributed by atoms with E-state index in [-0.39, 0.29) is 6.61 Å². The molecule has 0 saturated carbocycles. The summed E-state index contributed by atoms with van der Waals surface area (Å²) >= 11 is 7.59. The van der Waals surface area contributed by atoms with Gasteiger partial charge in [-0.1, -0.05) is 48.5 Å². The van der Waals surface area contributed by atoms with Crippen LogP contribution in [0.5, 0.6) is 5.75 Å². The highest BCUT2D eigenvalue weighted by molar-refractivity contribution is 14.1. The second-order valence-electron chi connectivity index (χ2n) is 6.08. The topological polar surface area (TPSA) is 46.5 Å². The second-order valence-corrected chi connectivity index (χ2v) is 9.24. The SMILES string of the molecule is O=C(O)COc1ccc(SC/C=C(/c2ccccc2)c2cccc(I)c2)c(Br)c1. The number of hydrogen-bond acceptors (Lipinski definition) is 3. The first-order valence-corrected chi connectivity index (χ1v) is 11.7. The molecule has 3 aromatic rings. The number of halogens is 2. The second kappa shape index (κ2) is 10.8. The van der Waals surface area contributed by atoms with Gasteiger partial charge in [0.1, 0.15) is 5.75 Å². The standard InChI is InChI=1S/C23H18BrIO3S/c24-21-14-19(28-15-23(26)27)9-10-22(21)29-12-11-20(16-5-2-1-3-6-16)17-7-4-8-18(25)13-17/h1-11,13-14H,12,15H2,(H,26,27)/b20-11-. The van der Waals surface area contributed by atoms with Gasteiger partial charge in [-0.2, -0.15) is 0 Å². The molecule has 3 aromatic carbocycles. The lowest BCUT2D eigenvalue weighted by molar-refractivity contribution is -0.139. The van der Waals surface area contributed by atoms with Crippen LogP contribution in [0.25, 0.3) is 5.57 Å². The van der Waals surface area contributed by atoms with E-state index in [0.717, 1.165) is 15.1 Å². The average Bonchev–Trinajstić information content (AvgIpc) is 2.71. The Kier molecular flexibility index (Phi) is 8.20. The summed E-state index contributed by atoms with van der Waals surface area (Å²) in [7, 11) is 0. The Balaban J connectivity index is 1.77. The van der Waals surface area contributed by atoms with Crippen molar-refractivity contribution in [2.24, 2.45) is 0 Å². The smallest absolute Gasteiger partial charge is 0.341 e. The zero-order valence-corrected chi connectivity index (χ0v) is 19.9. The minimum absolute atomic E-state index is 0.349. The Morgan fingerprint density at radius 3 is 2.48 bits per heavy atom. The van der Waals surface area contributed by atoms with E-state index in [1.165, 1.54) is 20.3 Å². The summed E-state index contributed by atoms with van der Waals surface area (Å²) < 4.78 is 7.31. The van der Waals surface area contributed by atoms with Crippen LogP contribution in [-0.2, 0) is 4.79 Å². The van der Waals surface area contributed by atoms with Crippen LogP contribution in [0.3, 0.4) is 0 Å². The highest BCUT2D eigenvalue weighted by Crippen LogP contribution is 2.32. The van der Waals surface area contributed by atoms with Crippen molar-refractivity contribution >= 4 is 61.8 Å². The normalized spacial score (nSPS) is 11.3. The van der Waals surface area contributed by atoms with E-state index in [9.17, 15) is 4.79 Å². The van der Waals surface area contributed by atoms with Crippen molar-refractivity contribution in [1.29, 1.82) is 0 Å². The van der Waals surface area contributed by atoms with E-state index in [1.807, 2.05) is 12.1 Å². The number of aliphatic carboxylic acids is 1. The summed E-state index contributed by atoms with van der Waals surface area (Å²) in [5.41, 5.74) is 3.58. The van der Waals surface area contributed by atoms with Crippen LogP contribution in [0.2, 0.25) is 0 Å². The molecule has 0 unspecified atom stereocenters. The van der Waals surface area contributed by atoms with Crippen LogP contribution in [0.15, 0.2) is 88.2 Å². The van der Waals surface area contributed by atoms with Gasteiger partial charge >= 0.3 is 5.97 Å². The molecule has 0 spiro atoms. The third kappa shape index (κ3) is 6.62. The minimum Gasteiger partial charge on any atom is -0.482 e. The summed E-state index contributed by atoms with van der Waals surface area (Å²) in [6.45, 7) is -0.349. The Morgan fingerprint density at radius 2 is 1.79 bits per heavy atom. The molecule has 0 aliphatic heterocycles. The van der Waals surface area contributed by atoms with E-state index < -0.39 is 5.97 Å². The maximum absolute atomic E-state index is 10.6. The Hall–Kier alpha value is -1.77. The lowest BCUT2D eigenvalue weighted by Gasteiger charge is -2.10. The van der Waals surface area contributed by atoms with Crippen molar-refractivity contribution in [1.82, 2.24) is 0 Å². The molecule has 0 amide bonds. The van der Waals surface area contributed by atoms with Crippen molar-refractivity contribution in [2.75, 3.05) is 12.4 Å². The fourth-order valence-electron chi connectivity index (χ4n) is 2.72. The molecular formula is C23H18BrIO3S. The monoisotopic (exact) mass is 580 g/mol. The third-order valence-corrected chi connectivity index (χ3v) is 6.60. The molecule has 0 atom stereocenters. The number of thioether (sulfide) groups is 1. The van der Waals surface area contributed by atoms with Gasteiger partial charge in [-0.25, -0.2) is 4.79 Å². The fourth-order valence-corrected chi connectivity index (χ4v) is 4.76. The Morgan fingerprint density at radius 1 is 1.03 bits per heavy atom. The van der Waals surface area contributed by atoms with Crippen LogP contribution in [0.4, 0.5) is 0 Å². The average molecular weight is 581 g/mol. The van der Waals surface area contributed by atoms with Crippen LogP contribution in [0.1, 0.15) is 11.1 Å². The van der Waals surface area contributed by atoms with Gasteiger partial charge in [0, 0.05) is 18.7 Å². The van der Waals surface area contributed by atoms with Gasteiger partial charge in [0.15, 0.2) is 6.61 Å². The fraction of sp³-hybridized carbons (Fsp3) is 0.0870. The molecule has 148 valence electrons. The highest BCUT2D eigenvalue weighted by atomic mass is 127. The van der Waals surface area contributed by atoms with Gasteiger partial charge in [-0.05, 0) is 85.6 Å². The zero-order valence-electron chi connectivity index (χ0n) is 15.3. The molecule has 3 rings (SSSR count). The predicted molar refractivity (Wildman–Crippen MR) is 131 cm³/mol. The summed E-state index contributed by atoms with van der Waals surface area (Å²) in [5.74, 6) is 0.334. The summed E-state index contributed by atoms with van der Waals surface area (Å²) in [6, 6.07) is 24.4. The highest BCUT2D eigenvalue weighted by Gasteiger charge is 2.07. The number of rotatable bonds is 8. The Labute approximate surface area is 196 Å². The van der Waals surface area contributed by atoms with Crippen molar-refractivity contribution in [3.63, 3.8) is 0 Å².